The summed E-state index contributed by atoms with van der Waals surface area (Å²) in [5, 5.41) is 7.59. The van der Waals surface area contributed by atoms with Gasteiger partial charge < -0.3 is 26.2 Å². The molecule has 2 heterocycles. The van der Waals surface area contributed by atoms with Gasteiger partial charge in [-0.25, -0.2) is 4.79 Å². The van der Waals surface area contributed by atoms with Gasteiger partial charge in [0, 0.05) is 31.1 Å². The largest absolute Gasteiger partial charge is 0.367 e. The van der Waals surface area contributed by atoms with E-state index in [4.69, 9.17) is 5.73 Å². The molecule has 150 valence electrons. The van der Waals surface area contributed by atoms with E-state index in [9.17, 15) is 9.59 Å². The number of urea groups is 1. The number of hydrogen-bond acceptors (Lipinski definition) is 5. The van der Waals surface area contributed by atoms with E-state index in [1.807, 2.05) is 41.8 Å². The average Bonchev–Trinajstić information content (AvgIpc) is 3.22. The number of hydrogen-bond donors (Lipinski definition) is 3. The minimum atomic E-state index is -0.639. The van der Waals surface area contributed by atoms with Crippen LogP contribution in [0.5, 0.6) is 0 Å². The van der Waals surface area contributed by atoms with Gasteiger partial charge in [0.2, 0.25) is 5.91 Å². The Morgan fingerprint density at radius 3 is 2.54 bits per heavy atom. The zero-order valence-electron chi connectivity index (χ0n) is 16.1. The normalized spacial score (nSPS) is 15.8. The number of rotatable bonds is 7. The van der Waals surface area contributed by atoms with Crippen molar-refractivity contribution in [2.75, 3.05) is 42.9 Å². The van der Waals surface area contributed by atoms with Gasteiger partial charge in [0.05, 0.1) is 23.8 Å². The minimum absolute atomic E-state index is 0.126. The first-order valence-electron chi connectivity index (χ1n) is 9.52. The molecule has 1 aliphatic heterocycles. The lowest BCUT2D eigenvalue weighted by atomic mass is 10.1. The van der Waals surface area contributed by atoms with Crippen LogP contribution in [0.25, 0.3) is 0 Å². The molecule has 2 aromatic rings. The number of piperazine rings is 1. The quantitative estimate of drug-likeness (QED) is 0.665. The number of thiophene rings is 1. The summed E-state index contributed by atoms with van der Waals surface area (Å²) in [5.41, 5.74) is 7.11. The monoisotopic (exact) mass is 401 g/mol. The second-order valence-electron chi connectivity index (χ2n) is 6.77. The third kappa shape index (κ3) is 5.24. The lowest BCUT2D eigenvalue weighted by Crippen LogP contribution is -2.46. The Bertz CT molecular complexity index is 788. The van der Waals surface area contributed by atoms with Crippen LogP contribution in [-0.4, -0.2) is 49.6 Å². The molecule has 4 N–H and O–H groups in total. The van der Waals surface area contributed by atoms with Crippen molar-refractivity contribution in [1.29, 1.82) is 0 Å². The standard InChI is InChI=1S/C20H27N5O2S/c1-2-24-9-11-25(12-10-24)17-7-4-3-6-15(17)22-19(26)14-16(23-20(21)27)18-8-5-13-28-18/h3-8,13,16H,2,9-12,14H2,1H3,(H,22,26)(H3,21,23,27). The van der Waals surface area contributed by atoms with Gasteiger partial charge in [-0.05, 0) is 30.1 Å². The Labute approximate surface area is 169 Å². The molecule has 1 aliphatic rings. The fraction of sp³-hybridized carbons (Fsp3) is 0.400. The summed E-state index contributed by atoms with van der Waals surface area (Å²) in [6.45, 7) is 7.13. The number of amides is 3. The van der Waals surface area contributed by atoms with Crippen LogP contribution < -0.4 is 21.3 Å². The van der Waals surface area contributed by atoms with Gasteiger partial charge in [0.25, 0.3) is 0 Å². The Balaban J connectivity index is 1.67. The van der Waals surface area contributed by atoms with Crippen molar-refractivity contribution in [1.82, 2.24) is 10.2 Å². The van der Waals surface area contributed by atoms with Crippen molar-refractivity contribution in [2.45, 2.75) is 19.4 Å². The molecule has 0 bridgehead atoms. The van der Waals surface area contributed by atoms with Gasteiger partial charge in [-0.2, -0.15) is 0 Å². The van der Waals surface area contributed by atoms with Crippen LogP contribution in [0.1, 0.15) is 24.3 Å². The lowest BCUT2D eigenvalue weighted by molar-refractivity contribution is -0.116. The number of nitrogens with zero attached hydrogens (tertiary/aromatic N) is 2. The first kappa shape index (κ1) is 20.2. The zero-order chi connectivity index (χ0) is 19.9. The van der Waals surface area contributed by atoms with Gasteiger partial charge in [-0.1, -0.05) is 25.1 Å². The maximum atomic E-state index is 12.7. The number of benzene rings is 1. The maximum absolute atomic E-state index is 12.7. The molecule has 1 unspecified atom stereocenters. The molecule has 0 aliphatic carbocycles. The maximum Gasteiger partial charge on any atom is 0.312 e. The fourth-order valence-corrected chi connectivity index (χ4v) is 4.21. The number of anilines is 2. The highest BCUT2D eigenvalue weighted by molar-refractivity contribution is 7.10. The van der Waals surface area contributed by atoms with Crippen LogP contribution in [0.2, 0.25) is 0 Å². The Morgan fingerprint density at radius 1 is 1.14 bits per heavy atom. The molecule has 1 fully saturated rings. The van der Waals surface area contributed by atoms with Gasteiger partial charge in [-0.3, -0.25) is 4.79 Å². The molecule has 1 atom stereocenters. The summed E-state index contributed by atoms with van der Waals surface area (Å²) >= 11 is 1.49. The van der Waals surface area contributed by atoms with Gasteiger partial charge >= 0.3 is 6.03 Å². The summed E-state index contributed by atoms with van der Waals surface area (Å²) in [5.74, 6) is -0.160. The summed E-state index contributed by atoms with van der Waals surface area (Å²) in [7, 11) is 0. The molecule has 1 aromatic carbocycles. The predicted octanol–water partition coefficient (Wildman–Crippen LogP) is 2.63. The molecule has 1 aromatic heterocycles. The molecule has 3 rings (SSSR count). The number of carbonyl (C=O) groups is 2. The zero-order valence-corrected chi connectivity index (χ0v) is 16.9. The third-order valence-electron chi connectivity index (χ3n) is 4.93. The van der Waals surface area contributed by atoms with E-state index in [0.29, 0.717) is 0 Å². The molecular weight excluding hydrogens is 374 g/mol. The Hall–Kier alpha value is -2.58. The number of primary amides is 1. The predicted molar refractivity (Wildman–Crippen MR) is 114 cm³/mol. The molecule has 7 nitrogen and oxygen atoms in total. The first-order valence-corrected chi connectivity index (χ1v) is 10.4. The Morgan fingerprint density at radius 2 is 1.89 bits per heavy atom. The third-order valence-corrected chi connectivity index (χ3v) is 5.92. The lowest BCUT2D eigenvalue weighted by Gasteiger charge is -2.36. The SMILES string of the molecule is CCN1CCN(c2ccccc2NC(=O)CC(NC(N)=O)c2cccs2)CC1. The molecule has 0 saturated carbocycles. The van der Waals surface area contributed by atoms with Crippen LogP contribution in [0.4, 0.5) is 16.2 Å². The van der Waals surface area contributed by atoms with Gasteiger partial charge in [-0.15, -0.1) is 11.3 Å². The van der Waals surface area contributed by atoms with E-state index < -0.39 is 12.1 Å². The molecule has 3 amide bonds. The van der Waals surface area contributed by atoms with E-state index in [0.717, 1.165) is 49.0 Å². The highest BCUT2D eigenvalue weighted by Crippen LogP contribution is 2.28. The van der Waals surface area contributed by atoms with Crippen LogP contribution >= 0.6 is 11.3 Å². The van der Waals surface area contributed by atoms with Gasteiger partial charge in [0.1, 0.15) is 0 Å². The first-order chi connectivity index (χ1) is 13.6. The van der Waals surface area contributed by atoms with E-state index >= 15 is 0 Å². The van der Waals surface area contributed by atoms with Crippen molar-refractivity contribution in [3.8, 4) is 0 Å². The summed E-state index contributed by atoms with van der Waals surface area (Å²) < 4.78 is 0. The summed E-state index contributed by atoms with van der Waals surface area (Å²) in [6.07, 6.45) is 0.126. The van der Waals surface area contributed by atoms with E-state index in [1.54, 1.807) is 0 Å². The second kappa shape index (κ2) is 9.57. The summed E-state index contributed by atoms with van der Waals surface area (Å²) in [6, 6.07) is 10.6. The molecule has 1 saturated heterocycles. The molecule has 8 heteroatoms. The van der Waals surface area contributed by atoms with Crippen LogP contribution in [0.3, 0.4) is 0 Å². The number of para-hydroxylation sites is 2. The van der Waals surface area contributed by atoms with Crippen molar-refractivity contribution >= 4 is 34.6 Å². The molecular formula is C20H27N5O2S. The summed E-state index contributed by atoms with van der Waals surface area (Å²) in [4.78, 5) is 29.7. The van der Waals surface area contributed by atoms with E-state index in [1.165, 1.54) is 11.3 Å². The van der Waals surface area contributed by atoms with Crippen LogP contribution in [0, 0.1) is 0 Å². The number of nitrogens with one attached hydrogen (secondary N) is 2. The fourth-order valence-electron chi connectivity index (χ4n) is 3.43. The molecule has 0 spiro atoms. The Kier molecular flexibility index (Phi) is 6.89. The van der Waals surface area contributed by atoms with Crippen molar-refractivity contribution in [3.05, 3.63) is 46.7 Å². The molecule has 28 heavy (non-hydrogen) atoms. The highest BCUT2D eigenvalue weighted by atomic mass is 32.1. The van der Waals surface area contributed by atoms with E-state index in [-0.39, 0.29) is 12.3 Å². The van der Waals surface area contributed by atoms with Crippen LogP contribution in [0.15, 0.2) is 41.8 Å². The average molecular weight is 402 g/mol. The van der Waals surface area contributed by atoms with Crippen molar-refractivity contribution in [3.63, 3.8) is 0 Å². The van der Waals surface area contributed by atoms with E-state index in [2.05, 4.69) is 27.4 Å². The smallest absolute Gasteiger partial charge is 0.312 e. The van der Waals surface area contributed by atoms with Gasteiger partial charge in [0.15, 0.2) is 0 Å². The number of likely N-dealkylation sites (N-methyl/N-ethyl adjacent to an activating group) is 1. The van der Waals surface area contributed by atoms with Crippen molar-refractivity contribution < 1.29 is 9.59 Å². The van der Waals surface area contributed by atoms with Crippen LogP contribution in [-0.2, 0) is 4.79 Å². The highest BCUT2D eigenvalue weighted by Gasteiger charge is 2.21. The molecule has 0 radical (unpaired) electrons. The second-order valence-corrected chi connectivity index (χ2v) is 7.75. The van der Waals surface area contributed by atoms with Crippen molar-refractivity contribution in [2.24, 2.45) is 5.73 Å². The topological polar surface area (TPSA) is 90.7 Å². The number of carbonyl (C=O) groups excluding carboxylic acids is 2. The minimum Gasteiger partial charge on any atom is -0.367 e. The number of nitrogens with two attached hydrogens (primary N) is 1.